The Bertz CT molecular complexity index is 544. The second kappa shape index (κ2) is 29.3. The van der Waals surface area contributed by atoms with E-state index >= 15 is 0 Å². The number of unbranched alkanes of at least 4 members (excludes halogenated alkanes) is 9. The summed E-state index contributed by atoms with van der Waals surface area (Å²) in [7, 11) is 0. The van der Waals surface area contributed by atoms with Gasteiger partial charge in [-0.1, -0.05) is 82.9 Å². The summed E-state index contributed by atoms with van der Waals surface area (Å²) in [5.74, 6) is 0.857. The Morgan fingerprint density at radius 1 is 0.378 bits per heavy atom. The van der Waals surface area contributed by atoms with E-state index in [0.29, 0.717) is 79.3 Å². The van der Waals surface area contributed by atoms with Crippen molar-refractivity contribution in [3.63, 3.8) is 0 Å². The molecule has 0 saturated heterocycles. The van der Waals surface area contributed by atoms with E-state index in [-0.39, 0.29) is 0 Å². The van der Waals surface area contributed by atoms with Gasteiger partial charge in [0.1, 0.15) is 12.4 Å². The lowest BCUT2D eigenvalue weighted by molar-refractivity contribution is -0.0179. The summed E-state index contributed by atoms with van der Waals surface area (Å²) in [6.45, 7) is 9.93. The molecule has 7 nitrogen and oxygen atoms in total. The van der Waals surface area contributed by atoms with E-state index in [0.717, 1.165) is 18.8 Å². The number of hydrogen-bond acceptors (Lipinski definition) is 7. The molecule has 1 aromatic carbocycles. The third-order valence-corrected chi connectivity index (χ3v) is 5.74. The van der Waals surface area contributed by atoms with Gasteiger partial charge >= 0.3 is 0 Å². The zero-order valence-corrected chi connectivity index (χ0v) is 23.5. The zero-order valence-electron chi connectivity index (χ0n) is 23.5. The Hall–Kier alpha value is -1.22. The minimum Gasteiger partial charge on any atom is -0.491 e. The second-order valence-corrected chi connectivity index (χ2v) is 9.02. The van der Waals surface area contributed by atoms with Gasteiger partial charge in [0.05, 0.1) is 72.7 Å². The van der Waals surface area contributed by atoms with Crippen LogP contribution < -0.4 is 4.74 Å². The van der Waals surface area contributed by atoms with Crippen molar-refractivity contribution in [3.8, 4) is 5.75 Å². The molecule has 1 rings (SSSR count). The SMILES string of the molecule is CCCCCCCCCCCCOCCOCCOCCOCCOCCOCCOc1ccccc1. The van der Waals surface area contributed by atoms with Crippen molar-refractivity contribution >= 4 is 0 Å². The highest BCUT2D eigenvalue weighted by Crippen LogP contribution is 2.10. The summed E-state index contributed by atoms with van der Waals surface area (Å²) < 4.78 is 38.7. The van der Waals surface area contributed by atoms with E-state index in [1.54, 1.807) is 0 Å². The first-order chi connectivity index (χ1) is 18.4. The van der Waals surface area contributed by atoms with Crippen LogP contribution in [0, 0.1) is 0 Å². The third kappa shape index (κ3) is 26.2. The molecule has 0 aliphatic rings. The van der Waals surface area contributed by atoms with Crippen molar-refractivity contribution in [2.45, 2.75) is 71.1 Å². The van der Waals surface area contributed by atoms with Gasteiger partial charge in [-0.05, 0) is 18.6 Å². The van der Waals surface area contributed by atoms with Gasteiger partial charge in [0.15, 0.2) is 0 Å². The van der Waals surface area contributed by atoms with Gasteiger partial charge in [0.25, 0.3) is 0 Å². The maximum absolute atomic E-state index is 5.64. The standard InChI is InChI=1S/C30H54O7/c1-2-3-4-5-6-7-8-9-10-14-17-31-18-19-32-20-21-33-22-23-34-24-25-35-26-27-36-28-29-37-30-15-12-11-13-16-30/h11-13,15-16H,2-10,14,17-29H2,1H3. The molecule has 0 unspecified atom stereocenters. The van der Waals surface area contributed by atoms with Crippen LogP contribution in [0.5, 0.6) is 5.75 Å². The molecule has 0 atom stereocenters. The fourth-order valence-electron chi connectivity index (χ4n) is 3.63. The molecule has 0 aromatic heterocycles. The van der Waals surface area contributed by atoms with Crippen LogP contribution in [-0.2, 0) is 28.4 Å². The van der Waals surface area contributed by atoms with Gasteiger partial charge in [0.2, 0.25) is 0 Å². The lowest BCUT2D eigenvalue weighted by Gasteiger charge is -2.09. The minimum atomic E-state index is 0.533. The van der Waals surface area contributed by atoms with E-state index < -0.39 is 0 Å². The first kappa shape index (κ1) is 33.8. The Kier molecular flexibility index (Phi) is 26.8. The van der Waals surface area contributed by atoms with Crippen molar-refractivity contribution in [2.24, 2.45) is 0 Å². The summed E-state index contributed by atoms with van der Waals surface area (Å²) in [6, 6.07) is 9.72. The molecule has 0 bridgehead atoms. The number of ether oxygens (including phenoxy) is 7. The monoisotopic (exact) mass is 526 g/mol. The van der Waals surface area contributed by atoms with Gasteiger partial charge < -0.3 is 33.2 Å². The summed E-state index contributed by atoms with van der Waals surface area (Å²) in [4.78, 5) is 0. The summed E-state index contributed by atoms with van der Waals surface area (Å²) in [5, 5.41) is 0. The van der Waals surface area contributed by atoms with Crippen molar-refractivity contribution in [1.82, 2.24) is 0 Å². The molecular weight excluding hydrogens is 472 g/mol. The van der Waals surface area contributed by atoms with Crippen LogP contribution in [0.3, 0.4) is 0 Å². The molecule has 7 heteroatoms. The Morgan fingerprint density at radius 2 is 0.730 bits per heavy atom. The van der Waals surface area contributed by atoms with E-state index in [2.05, 4.69) is 6.92 Å². The van der Waals surface area contributed by atoms with E-state index in [1.807, 2.05) is 30.3 Å². The molecule has 0 fully saturated rings. The predicted molar refractivity (Wildman–Crippen MR) is 149 cm³/mol. The van der Waals surface area contributed by atoms with Crippen LogP contribution in [-0.4, -0.2) is 85.9 Å². The van der Waals surface area contributed by atoms with E-state index in [1.165, 1.54) is 57.8 Å². The Morgan fingerprint density at radius 3 is 1.16 bits per heavy atom. The molecule has 37 heavy (non-hydrogen) atoms. The fourth-order valence-corrected chi connectivity index (χ4v) is 3.63. The van der Waals surface area contributed by atoms with Gasteiger partial charge in [-0.15, -0.1) is 0 Å². The smallest absolute Gasteiger partial charge is 0.119 e. The van der Waals surface area contributed by atoms with Crippen LogP contribution in [0.2, 0.25) is 0 Å². The van der Waals surface area contributed by atoms with E-state index in [4.69, 9.17) is 33.2 Å². The minimum absolute atomic E-state index is 0.533. The van der Waals surface area contributed by atoms with Crippen molar-refractivity contribution in [3.05, 3.63) is 30.3 Å². The van der Waals surface area contributed by atoms with E-state index in [9.17, 15) is 0 Å². The Balaban J connectivity index is 1.62. The molecule has 0 N–H and O–H groups in total. The molecule has 0 heterocycles. The normalized spacial score (nSPS) is 11.3. The fraction of sp³-hybridized carbons (Fsp3) is 0.800. The molecule has 0 radical (unpaired) electrons. The van der Waals surface area contributed by atoms with Crippen LogP contribution in [0.4, 0.5) is 0 Å². The highest BCUT2D eigenvalue weighted by atomic mass is 16.6. The molecule has 0 saturated carbocycles. The van der Waals surface area contributed by atoms with Crippen molar-refractivity contribution in [2.75, 3.05) is 85.9 Å². The molecule has 0 amide bonds. The van der Waals surface area contributed by atoms with Gasteiger partial charge in [-0.25, -0.2) is 0 Å². The highest BCUT2D eigenvalue weighted by Gasteiger charge is 1.96. The molecule has 0 aliphatic heterocycles. The number of para-hydroxylation sites is 1. The summed E-state index contributed by atoms with van der Waals surface area (Å²) >= 11 is 0. The maximum Gasteiger partial charge on any atom is 0.119 e. The Labute approximate surface area is 226 Å². The first-order valence-corrected chi connectivity index (χ1v) is 14.6. The average Bonchev–Trinajstić information content (AvgIpc) is 2.93. The summed E-state index contributed by atoms with van der Waals surface area (Å²) in [6.07, 6.45) is 13.5. The van der Waals surface area contributed by atoms with Crippen LogP contribution in [0.15, 0.2) is 30.3 Å². The topological polar surface area (TPSA) is 64.6 Å². The molecule has 0 aliphatic carbocycles. The number of rotatable bonds is 30. The number of benzene rings is 1. The molecule has 1 aromatic rings. The van der Waals surface area contributed by atoms with Crippen LogP contribution >= 0.6 is 0 Å². The third-order valence-electron chi connectivity index (χ3n) is 5.74. The molecule has 216 valence electrons. The van der Waals surface area contributed by atoms with Crippen LogP contribution in [0.25, 0.3) is 0 Å². The van der Waals surface area contributed by atoms with Crippen molar-refractivity contribution < 1.29 is 33.2 Å². The maximum atomic E-state index is 5.64. The highest BCUT2D eigenvalue weighted by molar-refractivity contribution is 5.20. The van der Waals surface area contributed by atoms with Gasteiger partial charge in [-0.3, -0.25) is 0 Å². The van der Waals surface area contributed by atoms with Gasteiger partial charge in [-0.2, -0.15) is 0 Å². The lowest BCUT2D eigenvalue weighted by Crippen LogP contribution is -2.14. The second-order valence-electron chi connectivity index (χ2n) is 9.02. The first-order valence-electron chi connectivity index (χ1n) is 14.6. The van der Waals surface area contributed by atoms with Crippen molar-refractivity contribution in [1.29, 1.82) is 0 Å². The average molecular weight is 527 g/mol. The largest absolute Gasteiger partial charge is 0.491 e. The zero-order chi connectivity index (χ0) is 26.3. The predicted octanol–water partition coefficient (Wildman–Crippen LogP) is 6.09. The molecule has 0 spiro atoms. The number of hydrogen-bond donors (Lipinski definition) is 0. The van der Waals surface area contributed by atoms with Gasteiger partial charge in [0, 0.05) is 6.61 Å². The molecular formula is C30H54O7. The summed E-state index contributed by atoms with van der Waals surface area (Å²) in [5.41, 5.74) is 0. The van der Waals surface area contributed by atoms with Crippen LogP contribution in [0.1, 0.15) is 71.1 Å². The lowest BCUT2D eigenvalue weighted by atomic mass is 10.1. The quantitative estimate of drug-likeness (QED) is 0.112.